The van der Waals surface area contributed by atoms with Crippen LogP contribution in [0.3, 0.4) is 0 Å². The SMILES string of the molecule is NCC1(c2c(O)c(Br)cc(F)c2F)CCCC1. The van der Waals surface area contributed by atoms with E-state index in [0.29, 0.717) is 12.8 Å². The molecule has 1 aliphatic rings. The number of hydrogen-bond acceptors (Lipinski definition) is 2. The van der Waals surface area contributed by atoms with E-state index in [-0.39, 0.29) is 22.3 Å². The third-order valence-corrected chi connectivity index (χ3v) is 4.23. The van der Waals surface area contributed by atoms with Gasteiger partial charge in [-0.3, -0.25) is 0 Å². The fourth-order valence-corrected chi connectivity index (χ4v) is 3.08. The van der Waals surface area contributed by atoms with Crippen molar-refractivity contribution in [2.24, 2.45) is 5.73 Å². The van der Waals surface area contributed by atoms with Gasteiger partial charge in [0.1, 0.15) is 5.75 Å². The lowest BCUT2D eigenvalue weighted by Gasteiger charge is -2.29. The summed E-state index contributed by atoms with van der Waals surface area (Å²) in [5.41, 5.74) is 5.13. The zero-order valence-electron chi connectivity index (χ0n) is 9.27. The van der Waals surface area contributed by atoms with E-state index in [1.807, 2.05) is 0 Å². The highest BCUT2D eigenvalue weighted by atomic mass is 79.9. The summed E-state index contributed by atoms with van der Waals surface area (Å²) in [6.45, 7) is 0.216. The second kappa shape index (κ2) is 4.53. The van der Waals surface area contributed by atoms with Crippen molar-refractivity contribution in [2.45, 2.75) is 31.1 Å². The molecule has 0 saturated heterocycles. The monoisotopic (exact) mass is 305 g/mol. The van der Waals surface area contributed by atoms with Gasteiger partial charge in [0.2, 0.25) is 0 Å². The predicted molar refractivity (Wildman–Crippen MR) is 64.9 cm³/mol. The van der Waals surface area contributed by atoms with Crippen LogP contribution in [-0.4, -0.2) is 11.7 Å². The molecule has 17 heavy (non-hydrogen) atoms. The number of aromatic hydroxyl groups is 1. The summed E-state index contributed by atoms with van der Waals surface area (Å²) in [7, 11) is 0. The van der Waals surface area contributed by atoms with E-state index < -0.39 is 17.0 Å². The van der Waals surface area contributed by atoms with Gasteiger partial charge < -0.3 is 10.8 Å². The van der Waals surface area contributed by atoms with Gasteiger partial charge in [-0.2, -0.15) is 0 Å². The molecule has 94 valence electrons. The van der Waals surface area contributed by atoms with Gasteiger partial charge >= 0.3 is 0 Å². The third-order valence-electron chi connectivity index (χ3n) is 3.63. The summed E-state index contributed by atoms with van der Waals surface area (Å²) in [6.07, 6.45) is 3.21. The molecule has 5 heteroatoms. The van der Waals surface area contributed by atoms with Gasteiger partial charge in [0, 0.05) is 17.5 Å². The van der Waals surface area contributed by atoms with E-state index >= 15 is 0 Å². The maximum absolute atomic E-state index is 13.9. The van der Waals surface area contributed by atoms with Crippen molar-refractivity contribution in [2.75, 3.05) is 6.54 Å². The van der Waals surface area contributed by atoms with Gasteiger partial charge in [-0.25, -0.2) is 8.78 Å². The lowest BCUT2D eigenvalue weighted by molar-refractivity contribution is 0.370. The highest BCUT2D eigenvalue weighted by Crippen LogP contribution is 2.47. The van der Waals surface area contributed by atoms with E-state index in [2.05, 4.69) is 15.9 Å². The number of phenols is 1. The number of rotatable bonds is 2. The molecule has 0 heterocycles. The highest BCUT2D eigenvalue weighted by molar-refractivity contribution is 9.10. The second-order valence-corrected chi connectivity index (χ2v) is 5.42. The summed E-state index contributed by atoms with van der Waals surface area (Å²) in [4.78, 5) is 0. The molecule has 2 nitrogen and oxygen atoms in total. The maximum atomic E-state index is 13.9. The van der Waals surface area contributed by atoms with Gasteiger partial charge in [-0.05, 0) is 34.8 Å². The largest absolute Gasteiger partial charge is 0.506 e. The zero-order chi connectivity index (χ0) is 12.6. The standard InChI is InChI=1S/C12H14BrF2NO/c13-7-5-8(14)10(15)9(11(7)17)12(6-16)3-1-2-4-12/h5,17H,1-4,6,16H2. The molecule has 0 bridgehead atoms. The molecule has 0 aliphatic heterocycles. The highest BCUT2D eigenvalue weighted by Gasteiger charge is 2.40. The average Bonchev–Trinajstić information content (AvgIpc) is 2.77. The lowest BCUT2D eigenvalue weighted by Crippen LogP contribution is -2.33. The number of benzene rings is 1. The van der Waals surface area contributed by atoms with Crippen molar-refractivity contribution in [3.05, 3.63) is 27.7 Å². The molecule has 1 fully saturated rings. The smallest absolute Gasteiger partial charge is 0.166 e. The first-order valence-corrected chi connectivity index (χ1v) is 6.38. The Morgan fingerprint density at radius 2 is 1.94 bits per heavy atom. The van der Waals surface area contributed by atoms with Gasteiger partial charge in [0.05, 0.1) is 4.47 Å². The minimum atomic E-state index is -0.974. The molecule has 0 unspecified atom stereocenters. The van der Waals surface area contributed by atoms with Crippen LogP contribution in [0.25, 0.3) is 0 Å². The molecule has 0 radical (unpaired) electrons. The molecular formula is C12H14BrF2NO. The van der Waals surface area contributed by atoms with Crippen molar-refractivity contribution in [1.29, 1.82) is 0 Å². The minimum absolute atomic E-state index is 0.0318. The van der Waals surface area contributed by atoms with E-state index in [0.717, 1.165) is 18.9 Å². The number of hydrogen-bond donors (Lipinski definition) is 2. The second-order valence-electron chi connectivity index (χ2n) is 4.57. The molecule has 1 saturated carbocycles. The van der Waals surface area contributed by atoms with Crippen molar-refractivity contribution in [3.8, 4) is 5.75 Å². The predicted octanol–water partition coefficient (Wildman–Crippen LogP) is 3.20. The lowest BCUT2D eigenvalue weighted by atomic mass is 9.78. The van der Waals surface area contributed by atoms with Crippen LogP contribution in [-0.2, 0) is 5.41 Å². The van der Waals surface area contributed by atoms with Crippen LogP contribution in [0.1, 0.15) is 31.2 Å². The summed E-state index contributed by atoms with van der Waals surface area (Å²) in [5, 5.41) is 9.95. The van der Waals surface area contributed by atoms with Crippen LogP contribution >= 0.6 is 15.9 Å². The Hall–Kier alpha value is -0.680. The number of halogens is 3. The number of nitrogens with two attached hydrogens (primary N) is 1. The molecule has 1 aromatic rings. The van der Waals surface area contributed by atoms with E-state index in [4.69, 9.17) is 5.73 Å². The third kappa shape index (κ3) is 1.95. The zero-order valence-corrected chi connectivity index (χ0v) is 10.9. The Labute approximate surface area is 107 Å². The molecular weight excluding hydrogens is 292 g/mol. The van der Waals surface area contributed by atoms with E-state index in [9.17, 15) is 13.9 Å². The minimum Gasteiger partial charge on any atom is -0.506 e. The van der Waals surface area contributed by atoms with Crippen LogP contribution in [0.15, 0.2) is 10.5 Å². The fraction of sp³-hybridized carbons (Fsp3) is 0.500. The fourth-order valence-electron chi connectivity index (χ4n) is 2.68. The Balaban J connectivity index is 2.65. The quantitative estimate of drug-likeness (QED) is 0.824. The van der Waals surface area contributed by atoms with Crippen LogP contribution < -0.4 is 5.73 Å². The van der Waals surface area contributed by atoms with Crippen LogP contribution in [0.5, 0.6) is 5.75 Å². The molecule has 1 aromatic carbocycles. The molecule has 2 rings (SSSR count). The summed E-state index contributed by atoms with van der Waals surface area (Å²) in [6, 6.07) is 0.938. The van der Waals surface area contributed by atoms with Crippen molar-refractivity contribution < 1.29 is 13.9 Å². The topological polar surface area (TPSA) is 46.2 Å². The molecule has 0 spiro atoms. The Kier molecular flexibility index (Phi) is 3.41. The van der Waals surface area contributed by atoms with Gasteiger partial charge in [0.25, 0.3) is 0 Å². The Morgan fingerprint density at radius 3 is 2.47 bits per heavy atom. The van der Waals surface area contributed by atoms with Crippen LogP contribution in [0, 0.1) is 11.6 Å². The molecule has 0 atom stereocenters. The first kappa shape index (κ1) is 12.8. The van der Waals surface area contributed by atoms with Gasteiger partial charge in [0.15, 0.2) is 11.6 Å². The Bertz CT molecular complexity index is 418. The Morgan fingerprint density at radius 1 is 1.35 bits per heavy atom. The van der Waals surface area contributed by atoms with E-state index in [1.165, 1.54) is 0 Å². The molecule has 1 aliphatic carbocycles. The van der Waals surface area contributed by atoms with Gasteiger partial charge in [-0.15, -0.1) is 0 Å². The summed E-state index contributed by atoms with van der Waals surface area (Å²) in [5.74, 6) is -2.15. The normalized spacial score (nSPS) is 18.6. The molecule has 3 N–H and O–H groups in total. The molecule has 0 aromatic heterocycles. The number of phenolic OH excluding ortho intramolecular Hbond substituents is 1. The summed E-state index contributed by atoms with van der Waals surface area (Å²) >= 11 is 3.03. The molecule has 0 amide bonds. The summed E-state index contributed by atoms with van der Waals surface area (Å²) < 4.78 is 27.5. The average molecular weight is 306 g/mol. The van der Waals surface area contributed by atoms with Crippen LogP contribution in [0.4, 0.5) is 8.78 Å². The van der Waals surface area contributed by atoms with E-state index in [1.54, 1.807) is 0 Å². The van der Waals surface area contributed by atoms with Gasteiger partial charge in [-0.1, -0.05) is 12.8 Å². The first-order valence-electron chi connectivity index (χ1n) is 5.59. The maximum Gasteiger partial charge on any atom is 0.166 e. The first-order chi connectivity index (χ1) is 8.02. The van der Waals surface area contributed by atoms with Crippen LogP contribution in [0.2, 0.25) is 0 Å². The van der Waals surface area contributed by atoms with Crippen molar-refractivity contribution in [3.63, 3.8) is 0 Å². The van der Waals surface area contributed by atoms with Crippen molar-refractivity contribution in [1.82, 2.24) is 0 Å². The van der Waals surface area contributed by atoms with Crippen molar-refractivity contribution >= 4 is 15.9 Å².